The zero-order chi connectivity index (χ0) is 37.8. The van der Waals surface area contributed by atoms with Gasteiger partial charge in [-0.1, -0.05) is 42.5 Å². The number of likely N-dealkylation sites (tertiary alicyclic amines) is 1. The van der Waals surface area contributed by atoms with Gasteiger partial charge in [-0.25, -0.2) is 0 Å². The molecule has 0 unspecified atom stereocenters. The molecule has 0 saturated carbocycles. The van der Waals surface area contributed by atoms with E-state index in [0.717, 1.165) is 10.8 Å². The Morgan fingerprint density at radius 2 is 1.08 bits per heavy atom. The molecule has 1 aliphatic rings. The zero-order valence-electron chi connectivity index (χ0n) is 28.9. The summed E-state index contributed by atoms with van der Waals surface area (Å²) < 4.78 is 75.2. The Kier molecular flexibility index (Phi) is 13.0. The van der Waals surface area contributed by atoms with Gasteiger partial charge in [0.25, 0.3) is 20.2 Å². The van der Waals surface area contributed by atoms with E-state index in [9.17, 15) is 26.4 Å². The fraction of sp³-hybridized carbons (Fsp3) is 0.211. The van der Waals surface area contributed by atoms with E-state index in [0.29, 0.717) is 39.8 Å². The second-order valence-electron chi connectivity index (χ2n) is 11.5. The number of nitrogens with zero attached hydrogens (tertiary/aromatic N) is 1. The molecule has 4 aromatic rings. The molecule has 13 nitrogen and oxygen atoms in total. The summed E-state index contributed by atoms with van der Waals surface area (Å²) in [7, 11) is -7.61. The third-order valence-corrected chi connectivity index (χ3v) is 9.61. The number of ether oxygens (including phenoxy) is 3. The first-order valence-electron chi connectivity index (χ1n) is 16.5. The van der Waals surface area contributed by atoms with Gasteiger partial charge in [-0.2, -0.15) is 16.8 Å². The normalized spacial score (nSPS) is 16.2. The number of nitrogens with one attached hydrogen (secondary N) is 1. The maximum Gasteiger partial charge on any atom is 0.313 e. The van der Waals surface area contributed by atoms with E-state index in [-0.39, 0.29) is 26.3 Å². The van der Waals surface area contributed by atoms with Crippen LogP contribution < -0.4 is 19.5 Å². The van der Waals surface area contributed by atoms with Crippen molar-refractivity contribution in [1.82, 2.24) is 4.90 Å². The number of benzene rings is 4. The lowest BCUT2D eigenvalue weighted by atomic mass is 10.2. The van der Waals surface area contributed by atoms with E-state index in [1.807, 2.05) is 30.3 Å². The van der Waals surface area contributed by atoms with E-state index in [2.05, 4.69) is 5.32 Å². The molecule has 0 bridgehead atoms. The maximum atomic E-state index is 13.4. The van der Waals surface area contributed by atoms with Crippen LogP contribution in [0.1, 0.15) is 25.0 Å². The molecule has 15 heteroatoms. The molecular formula is C38H38N2O11S2. The third kappa shape index (κ3) is 11.8. The van der Waals surface area contributed by atoms with Crippen LogP contribution in [-0.4, -0.2) is 72.1 Å². The zero-order valence-corrected chi connectivity index (χ0v) is 30.5. The molecule has 1 saturated heterocycles. The minimum Gasteiger partial charge on any atom is -0.485 e. The molecule has 0 aromatic heterocycles. The van der Waals surface area contributed by atoms with Gasteiger partial charge in [-0.15, -0.1) is 0 Å². The van der Waals surface area contributed by atoms with Gasteiger partial charge in [0, 0.05) is 5.69 Å². The van der Waals surface area contributed by atoms with Crippen LogP contribution in [0.2, 0.25) is 0 Å². The largest absolute Gasteiger partial charge is 0.485 e. The predicted octanol–water partition coefficient (Wildman–Crippen LogP) is 5.83. The van der Waals surface area contributed by atoms with Crippen LogP contribution in [0, 0.1) is 0 Å². The number of rotatable bonds is 15. The van der Waals surface area contributed by atoms with Crippen LogP contribution >= 0.6 is 0 Å². The Labute approximate surface area is 308 Å². The fourth-order valence-electron chi connectivity index (χ4n) is 5.09. The van der Waals surface area contributed by atoms with Gasteiger partial charge in [0.05, 0.1) is 37.1 Å². The van der Waals surface area contributed by atoms with Crippen LogP contribution in [0.4, 0.5) is 5.69 Å². The summed E-state index contributed by atoms with van der Waals surface area (Å²) in [6, 6.07) is 29.0. The Bertz CT molecular complexity index is 2020. The van der Waals surface area contributed by atoms with Crippen LogP contribution in [-0.2, 0) is 38.2 Å². The Morgan fingerprint density at radius 1 is 0.642 bits per heavy atom. The van der Waals surface area contributed by atoms with Crippen LogP contribution in [0.25, 0.3) is 12.2 Å². The number of amides is 2. The van der Waals surface area contributed by atoms with Crippen molar-refractivity contribution in [2.75, 3.05) is 31.6 Å². The van der Waals surface area contributed by atoms with Gasteiger partial charge in [-0.3, -0.25) is 18.0 Å². The second-order valence-corrected chi connectivity index (χ2v) is 14.4. The topological polar surface area (TPSA) is 164 Å². The van der Waals surface area contributed by atoms with Gasteiger partial charge >= 0.3 is 11.8 Å². The lowest BCUT2D eigenvalue weighted by molar-refractivity contribution is -0.142. The SMILES string of the molecule is CCOS(=O)(=O)/C=C/c1ccc(O[C@@H]2CN(C(=O)C(=O)Nc3ccc(Oc4ccccc4)cc3)C[C@H]2Oc2ccc(/C=C/S(=O)(=O)OCC)cc2)cc1. The molecule has 2 amide bonds. The van der Waals surface area contributed by atoms with E-state index in [1.165, 1.54) is 17.1 Å². The minimum atomic E-state index is -3.81. The Balaban J connectivity index is 1.27. The summed E-state index contributed by atoms with van der Waals surface area (Å²) >= 11 is 0. The summed E-state index contributed by atoms with van der Waals surface area (Å²) in [6.45, 7) is 3.22. The van der Waals surface area contributed by atoms with Crippen molar-refractivity contribution in [3.05, 3.63) is 125 Å². The molecule has 0 aliphatic carbocycles. The molecule has 1 fully saturated rings. The van der Waals surface area contributed by atoms with Crippen molar-refractivity contribution < 1.29 is 49.0 Å². The second kappa shape index (κ2) is 17.8. The van der Waals surface area contributed by atoms with Crippen molar-refractivity contribution in [2.24, 2.45) is 0 Å². The lowest BCUT2D eigenvalue weighted by Gasteiger charge is -2.21. The first kappa shape index (κ1) is 38.7. The molecule has 5 rings (SSSR count). The van der Waals surface area contributed by atoms with Gasteiger partial charge in [0.1, 0.15) is 23.0 Å². The summed E-state index contributed by atoms with van der Waals surface area (Å²) in [5.41, 5.74) is 1.56. The summed E-state index contributed by atoms with van der Waals surface area (Å²) in [5.74, 6) is 0.406. The summed E-state index contributed by atoms with van der Waals surface area (Å²) in [5, 5.41) is 4.56. The minimum absolute atomic E-state index is 0.0168. The first-order valence-corrected chi connectivity index (χ1v) is 19.5. The van der Waals surface area contributed by atoms with E-state index < -0.39 is 44.3 Å². The molecule has 278 valence electrons. The first-order chi connectivity index (χ1) is 25.4. The van der Waals surface area contributed by atoms with Crippen molar-refractivity contribution in [1.29, 1.82) is 0 Å². The Morgan fingerprint density at radius 3 is 1.53 bits per heavy atom. The molecule has 0 radical (unpaired) electrons. The average molecular weight is 763 g/mol. The number of carbonyl (C=O) groups is 2. The van der Waals surface area contributed by atoms with Gasteiger partial charge < -0.3 is 24.4 Å². The number of para-hydroxylation sites is 1. The van der Waals surface area contributed by atoms with Crippen LogP contribution in [0.3, 0.4) is 0 Å². The highest BCUT2D eigenvalue weighted by molar-refractivity contribution is 7.90. The maximum absolute atomic E-state index is 13.4. The van der Waals surface area contributed by atoms with Gasteiger partial charge in [0.15, 0.2) is 12.2 Å². The number of hydrogen-bond donors (Lipinski definition) is 1. The third-order valence-electron chi connectivity index (χ3n) is 7.54. The molecule has 2 atom stereocenters. The monoisotopic (exact) mass is 762 g/mol. The van der Waals surface area contributed by atoms with Gasteiger partial charge in [0.2, 0.25) is 0 Å². The highest BCUT2D eigenvalue weighted by Crippen LogP contribution is 2.26. The molecule has 1 N–H and O–H groups in total. The average Bonchev–Trinajstić information content (AvgIpc) is 3.53. The predicted molar refractivity (Wildman–Crippen MR) is 199 cm³/mol. The summed E-state index contributed by atoms with van der Waals surface area (Å²) in [6.07, 6.45) is 1.36. The van der Waals surface area contributed by atoms with E-state index in [1.54, 1.807) is 86.6 Å². The van der Waals surface area contributed by atoms with Crippen LogP contribution in [0.15, 0.2) is 114 Å². The van der Waals surface area contributed by atoms with Crippen molar-refractivity contribution in [2.45, 2.75) is 26.1 Å². The smallest absolute Gasteiger partial charge is 0.313 e. The van der Waals surface area contributed by atoms with Crippen LogP contribution in [0.5, 0.6) is 23.0 Å². The molecule has 53 heavy (non-hydrogen) atoms. The highest BCUT2D eigenvalue weighted by Gasteiger charge is 2.40. The van der Waals surface area contributed by atoms with Crippen molar-refractivity contribution in [3.63, 3.8) is 0 Å². The molecule has 4 aromatic carbocycles. The number of carbonyl (C=O) groups excluding carboxylic acids is 2. The summed E-state index contributed by atoms with van der Waals surface area (Å²) in [4.78, 5) is 27.8. The fourth-order valence-corrected chi connectivity index (χ4v) is 6.55. The molecule has 1 aliphatic heterocycles. The number of hydrogen-bond acceptors (Lipinski definition) is 11. The molecule has 0 spiro atoms. The standard InChI is InChI=1S/C38H38N2O11S2/c1-3-47-52(43,44)24-22-28-10-16-33(17-11-28)50-35-26-40(27-36(35)51-34-18-12-29(13-19-34)23-25-53(45,46)48-4-2)38(42)37(41)39-30-14-20-32(21-15-30)49-31-8-6-5-7-9-31/h5-25,35-36H,3-4,26-27H2,1-2H3,(H,39,41)/b24-22+,25-23+/t35-,36-/m1/s1. The number of anilines is 1. The Hall–Kier alpha value is -5.48. The van der Waals surface area contributed by atoms with Crippen molar-refractivity contribution in [3.8, 4) is 23.0 Å². The highest BCUT2D eigenvalue weighted by atomic mass is 32.2. The van der Waals surface area contributed by atoms with E-state index >= 15 is 0 Å². The van der Waals surface area contributed by atoms with Crippen molar-refractivity contribution >= 4 is 49.9 Å². The van der Waals surface area contributed by atoms with Gasteiger partial charge in [-0.05, 0) is 97.8 Å². The quantitative estimate of drug-likeness (QED) is 0.115. The molecule has 1 heterocycles. The van der Waals surface area contributed by atoms with E-state index in [4.69, 9.17) is 22.6 Å². The molecular weight excluding hydrogens is 725 g/mol. The lowest BCUT2D eigenvalue weighted by Crippen LogP contribution is -2.39.